The zero-order valence-electron chi connectivity index (χ0n) is 14.9. The van der Waals surface area contributed by atoms with Crippen molar-refractivity contribution >= 4 is 17.3 Å². The minimum absolute atomic E-state index is 0.287. The fraction of sp³-hybridized carbons (Fsp3) is 0.474. The summed E-state index contributed by atoms with van der Waals surface area (Å²) in [5.41, 5.74) is 0. The monoisotopic (exact) mass is 358 g/mol. The summed E-state index contributed by atoms with van der Waals surface area (Å²) in [4.78, 5) is 12.4. The Bertz CT molecular complexity index is 678. The molecule has 1 aliphatic heterocycles. The fourth-order valence-corrected chi connectivity index (χ4v) is 3.79. The van der Waals surface area contributed by atoms with Gasteiger partial charge in [0.25, 0.3) is 0 Å². The van der Waals surface area contributed by atoms with Gasteiger partial charge in [-0.25, -0.2) is 4.98 Å². The van der Waals surface area contributed by atoms with Crippen LogP contribution < -0.4 is 10.1 Å². The summed E-state index contributed by atoms with van der Waals surface area (Å²) < 4.78 is 6.06. The lowest BCUT2D eigenvalue weighted by Gasteiger charge is -2.34. The Kier molecular flexibility index (Phi) is 6.28. The second kappa shape index (κ2) is 8.85. The number of aryl methyl sites for hydroxylation is 1. The van der Waals surface area contributed by atoms with Gasteiger partial charge in [0.05, 0.1) is 5.01 Å². The van der Waals surface area contributed by atoms with Gasteiger partial charge in [-0.2, -0.15) is 0 Å². The molecule has 1 N–H and O–H groups in total. The average molecular weight is 359 g/mol. The lowest BCUT2D eigenvalue weighted by atomic mass is 10.1. The van der Waals surface area contributed by atoms with Crippen LogP contribution in [0.5, 0.6) is 5.75 Å². The van der Waals surface area contributed by atoms with Crippen LogP contribution in [-0.4, -0.2) is 48.6 Å². The maximum absolute atomic E-state index is 6.06. The minimum Gasteiger partial charge on any atom is -0.490 e. The molecule has 1 aliphatic rings. The Hall–Kier alpha value is -2.08. The van der Waals surface area contributed by atoms with E-state index in [1.807, 2.05) is 43.6 Å². The van der Waals surface area contributed by atoms with Crippen molar-refractivity contribution < 1.29 is 4.74 Å². The predicted molar refractivity (Wildman–Crippen MR) is 104 cm³/mol. The summed E-state index contributed by atoms with van der Waals surface area (Å²) in [5, 5.41) is 4.64. The molecule has 134 valence electrons. The van der Waals surface area contributed by atoms with E-state index < -0.39 is 0 Å². The molecule has 1 aromatic carbocycles. The topological polar surface area (TPSA) is 49.8 Å². The van der Waals surface area contributed by atoms with Gasteiger partial charge in [-0.05, 0) is 19.1 Å². The first-order chi connectivity index (χ1) is 12.2. The van der Waals surface area contributed by atoms with E-state index in [1.165, 1.54) is 9.88 Å². The van der Waals surface area contributed by atoms with E-state index in [0.717, 1.165) is 50.6 Å². The number of thiazole rings is 1. The fourth-order valence-electron chi connectivity index (χ4n) is 3.01. The summed E-state index contributed by atoms with van der Waals surface area (Å²) in [5.74, 6) is 1.94. The Morgan fingerprint density at radius 2 is 2.08 bits per heavy atom. The lowest BCUT2D eigenvalue weighted by molar-refractivity contribution is 0.129. The molecule has 1 saturated heterocycles. The predicted octanol–water partition coefficient (Wildman–Crippen LogP) is 3.11. The second-order valence-corrected chi connectivity index (χ2v) is 7.53. The molecule has 0 spiro atoms. The van der Waals surface area contributed by atoms with Crippen molar-refractivity contribution in [2.24, 2.45) is 4.99 Å². The summed E-state index contributed by atoms with van der Waals surface area (Å²) in [7, 11) is 1.85. The van der Waals surface area contributed by atoms with Gasteiger partial charge >= 0.3 is 0 Å². The number of piperidine rings is 1. The number of guanidine groups is 1. The quantitative estimate of drug-likeness (QED) is 0.659. The lowest BCUT2D eigenvalue weighted by Crippen LogP contribution is -2.47. The number of hydrogen-bond donors (Lipinski definition) is 1. The highest BCUT2D eigenvalue weighted by molar-refractivity contribution is 7.11. The van der Waals surface area contributed by atoms with Crippen LogP contribution in [0.1, 0.15) is 22.7 Å². The molecule has 0 atom stereocenters. The van der Waals surface area contributed by atoms with Gasteiger partial charge < -0.3 is 15.0 Å². The second-order valence-electron chi connectivity index (χ2n) is 6.21. The molecule has 6 heteroatoms. The third-order valence-corrected chi connectivity index (χ3v) is 5.26. The molecule has 1 fully saturated rings. The molecule has 0 unspecified atom stereocenters. The molecule has 1 aromatic heterocycles. The zero-order valence-corrected chi connectivity index (χ0v) is 15.8. The molecule has 0 aliphatic carbocycles. The summed E-state index contributed by atoms with van der Waals surface area (Å²) >= 11 is 1.76. The van der Waals surface area contributed by atoms with E-state index in [9.17, 15) is 0 Å². The van der Waals surface area contributed by atoms with Gasteiger partial charge in [-0.3, -0.25) is 4.99 Å². The first-order valence-electron chi connectivity index (χ1n) is 8.83. The molecule has 0 amide bonds. The van der Waals surface area contributed by atoms with Crippen molar-refractivity contribution in [3.63, 3.8) is 0 Å². The standard InChI is InChI=1S/C19H26N4OS/c1-15-14-22-18(25-15)8-11-21-19(20-2)23-12-9-17(10-13-23)24-16-6-4-3-5-7-16/h3-7,14,17H,8-13H2,1-2H3,(H,20,21). The van der Waals surface area contributed by atoms with Crippen molar-refractivity contribution in [3.8, 4) is 5.75 Å². The zero-order chi connectivity index (χ0) is 17.5. The van der Waals surface area contributed by atoms with Gasteiger partial charge in [0.15, 0.2) is 5.96 Å². The third kappa shape index (κ3) is 5.19. The Morgan fingerprint density at radius 1 is 1.32 bits per heavy atom. The van der Waals surface area contributed by atoms with Crippen LogP contribution in [0.2, 0.25) is 0 Å². The van der Waals surface area contributed by atoms with E-state index in [4.69, 9.17) is 4.74 Å². The van der Waals surface area contributed by atoms with Gasteiger partial charge in [0.1, 0.15) is 11.9 Å². The van der Waals surface area contributed by atoms with Crippen LogP contribution in [0.3, 0.4) is 0 Å². The number of ether oxygens (including phenoxy) is 1. The van der Waals surface area contributed by atoms with Crippen LogP contribution >= 0.6 is 11.3 Å². The summed E-state index contributed by atoms with van der Waals surface area (Å²) in [6.07, 6.45) is 5.19. The van der Waals surface area contributed by atoms with Crippen LogP contribution in [0.4, 0.5) is 0 Å². The highest BCUT2D eigenvalue weighted by Gasteiger charge is 2.22. The number of hydrogen-bond acceptors (Lipinski definition) is 4. The van der Waals surface area contributed by atoms with Crippen LogP contribution in [0, 0.1) is 6.92 Å². The van der Waals surface area contributed by atoms with Gasteiger partial charge in [-0.15, -0.1) is 11.3 Å². The highest BCUT2D eigenvalue weighted by Crippen LogP contribution is 2.18. The molecule has 2 heterocycles. The SMILES string of the molecule is CN=C(NCCc1ncc(C)s1)N1CCC(Oc2ccccc2)CC1. The van der Waals surface area contributed by atoms with Crippen LogP contribution in [-0.2, 0) is 6.42 Å². The highest BCUT2D eigenvalue weighted by atomic mass is 32.1. The van der Waals surface area contributed by atoms with E-state index in [0.29, 0.717) is 0 Å². The van der Waals surface area contributed by atoms with Gasteiger partial charge in [0, 0.05) is 57.0 Å². The van der Waals surface area contributed by atoms with Crippen LogP contribution in [0.15, 0.2) is 41.5 Å². The normalized spacial score (nSPS) is 16.1. The van der Waals surface area contributed by atoms with Gasteiger partial charge in [0.2, 0.25) is 0 Å². The summed E-state index contributed by atoms with van der Waals surface area (Å²) in [6.45, 7) is 4.89. The Labute approximate surface area is 153 Å². The van der Waals surface area contributed by atoms with Crippen molar-refractivity contribution in [1.29, 1.82) is 0 Å². The van der Waals surface area contributed by atoms with Crippen molar-refractivity contribution in [2.45, 2.75) is 32.3 Å². The molecule has 0 radical (unpaired) electrons. The number of aliphatic imine (C=N–C) groups is 1. The number of nitrogens with zero attached hydrogens (tertiary/aromatic N) is 3. The molecule has 2 aromatic rings. The first kappa shape index (κ1) is 17.7. The molecule has 0 saturated carbocycles. The van der Waals surface area contributed by atoms with Crippen molar-refractivity contribution in [1.82, 2.24) is 15.2 Å². The summed E-state index contributed by atoms with van der Waals surface area (Å²) in [6, 6.07) is 10.1. The molecule has 5 nitrogen and oxygen atoms in total. The molecule has 3 rings (SSSR count). The largest absolute Gasteiger partial charge is 0.490 e. The molecule has 0 bridgehead atoms. The van der Waals surface area contributed by atoms with E-state index in [2.05, 4.69) is 27.1 Å². The number of para-hydroxylation sites is 1. The van der Waals surface area contributed by atoms with Crippen LogP contribution in [0.25, 0.3) is 0 Å². The maximum atomic E-state index is 6.06. The average Bonchev–Trinajstić information content (AvgIpc) is 3.06. The van der Waals surface area contributed by atoms with E-state index in [-0.39, 0.29) is 6.10 Å². The first-order valence-corrected chi connectivity index (χ1v) is 9.65. The Balaban J connectivity index is 1.42. The number of likely N-dealkylation sites (tertiary alicyclic amines) is 1. The number of rotatable bonds is 5. The third-order valence-electron chi connectivity index (χ3n) is 4.29. The van der Waals surface area contributed by atoms with E-state index >= 15 is 0 Å². The number of nitrogens with one attached hydrogen (secondary N) is 1. The molecule has 25 heavy (non-hydrogen) atoms. The number of benzene rings is 1. The molecular formula is C19H26N4OS. The van der Waals surface area contributed by atoms with Gasteiger partial charge in [-0.1, -0.05) is 18.2 Å². The minimum atomic E-state index is 0.287. The van der Waals surface area contributed by atoms with E-state index in [1.54, 1.807) is 11.3 Å². The van der Waals surface area contributed by atoms with Crippen molar-refractivity contribution in [3.05, 3.63) is 46.4 Å². The van der Waals surface area contributed by atoms with Crippen molar-refractivity contribution in [2.75, 3.05) is 26.7 Å². The molecular weight excluding hydrogens is 332 g/mol. The number of aromatic nitrogens is 1. The smallest absolute Gasteiger partial charge is 0.193 e. The Morgan fingerprint density at radius 3 is 2.72 bits per heavy atom. The maximum Gasteiger partial charge on any atom is 0.193 e.